The zero-order valence-electron chi connectivity index (χ0n) is 15.1. The average Bonchev–Trinajstić information content (AvgIpc) is 3.10. The highest BCUT2D eigenvalue weighted by atomic mass is 32.1. The van der Waals surface area contributed by atoms with Crippen LogP contribution in [0.2, 0.25) is 0 Å². The summed E-state index contributed by atoms with van der Waals surface area (Å²) in [5, 5.41) is 5.11. The van der Waals surface area contributed by atoms with Crippen LogP contribution in [-0.4, -0.2) is 10.9 Å². The highest BCUT2D eigenvalue weighted by Crippen LogP contribution is 2.32. The molecule has 1 N–H and O–H groups in total. The molecule has 0 fully saturated rings. The lowest BCUT2D eigenvalue weighted by atomic mass is 10.1. The van der Waals surface area contributed by atoms with E-state index in [4.69, 9.17) is 4.74 Å². The molecule has 8 heteroatoms. The lowest BCUT2D eigenvalue weighted by molar-refractivity contribution is -0.137. The molecule has 0 bridgehead atoms. The normalized spacial score (nSPS) is 11.3. The van der Waals surface area contributed by atoms with Gasteiger partial charge in [0.05, 0.1) is 16.9 Å². The second-order valence-corrected chi connectivity index (χ2v) is 7.05. The number of carbonyl (C=O) groups excluding carboxylic acids is 1. The fourth-order valence-corrected chi connectivity index (χ4v) is 3.31. The van der Waals surface area contributed by atoms with Crippen molar-refractivity contribution in [2.75, 3.05) is 5.32 Å². The number of alkyl halides is 3. The number of ether oxygens (including phenoxy) is 1. The van der Waals surface area contributed by atoms with Crippen LogP contribution in [0.15, 0.2) is 47.8 Å². The van der Waals surface area contributed by atoms with Gasteiger partial charge in [0.15, 0.2) is 0 Å². The van der Waals surface area contributed by atoms with Crippen molar-refractivity contribution in [1.29, 1.82) is 0 Å². The summed E-state index contributed by atoms with van der Waals surface area (Å²) < 4.78 is 43.8. The van der Waals surface area contributed by atoms with Gasteiger partial charge >= 0.3 is 6.18 Å². The maximum absolute atomic E-state index is 12.7. The molecule has 0 saturated carbocycles. The van der Waals surface area contributed by atoms with Crippen LogP contribution >= 0.6 is 11.3 Å². The molecule has 1 heterocycles. The molecule has 3 rings (SSSR count). The Bertz CT molecular complexity index is 982. The Labute approximate surface area is 164 Å². The molecule has 0 unspecified atom stereocenters. The molecule has 0 aliphatic heterocycles. The lowest BCUT2D eigenvalue weighted by Gasteiger charge is -2.11. The predicted octanol–water partition coefficient (Wildman–Crippen LogP) is 5.67. The van der Waals surface area contributed by atoms with Crippen molar-refractivity contribution >= 4 is 22.9 Å². The molecule has 146 valence electrons. The van der Waals surface area contributed by atoms with E-state index in [1.165, 1.54) is 30.4 Å². The smallest absolute Gasteiger partial charge is 0.416 e. The van der Waals surface area contributed by atoms with Crippen molar-refractivity contribution in [2.24, 2.45) is 0 Å². The van der Waals surface area contributed by atoms with E-state index >= 15 is 0 Å². The van der Waals surface area contributed by atoms with E-state index in [-0.39, 0.29) is 12.5 Å². The molecule has 4 nitrogen and oxygen atoms in total. The molecule has 0 atom stereocenters. The maximum atomic E-state index is 12.7. The minimum absolute atomic E-state index is 0.174. The van der Waals surface area contributed by atoms with Crippen LogP contribution in [0.4, 0.5) is 18.9 Å². The number of rotatable bonds is 5. The van der Waals surface area contributed by atoms with Crippen LogP contribution in [0.25, 0.3) is 10.6 Å². The molecule has 28 heavy (non-hydrogen) atoms. The van der Waals surface area contributed by atoms with E-state index < -0.39 is 11.7 Å². The molecule has 0 aliphatic carbocycles. The molecule has 0 spiro atoms. The first-order valence-electron chi connectivity index (χ1n) is 8.35. The van der Waals surface area contributed by atoms with Crippen LogP contribution in [0.1, 0.15) is 23.7 Å². The summed E-state index contributed by atoms with van der Waals surface area (Å²) in [4.78, 5) is 15.7. The van der Waals surface area contributed by atoms with E-state index in [1.807, 2.05) is 19.1 Å². The van der Waals surface area contributed by atoms with Crippen molar-refractivity contribution in [3.05, 3.63) is 64.7 Å². The number of carbonyl (C=O) groups is 1. The van der Waals surface area contributed by atoms with E-state index in [2.05, 4.69) is 10.3 Å². The summed E-state index contributed by atoms with van der Waals surface area (Å²) >= 11 is 1.33. The number of halogens is 3. The minimum Gasteiger partial charge on any atom is -0.485 e. The van der Waals surface area contributed by atoms with E-state index in [0.717, 1.165) is 17.7 Å². The third kappa shape index (κ3) is 4.89. The Balaban J connectivity index is 1.72. The van der Waals surface area contributed by atoms with E-state index in [1.54, 1.807) is 11.4 Å². The van der Waals surface area contributed by atoms with Gasteiger partial charge in [0.1, 0.15) is 17.4 Å². The van der Waals surface area contributed by atoms with Crippen LogP contribution < -0.4 is 10.1 Å². The molecule has 0 aliphatic rings. The quantitative estimate of drug-likeness (QED) is 0.594. The highest BCUT2D eigenvalue weighted by molar-refractivity contribution is 7.13. The average molecular weight is 406 g/mol. The topological polar surface area (TPSA) is 51.2 Å². The van der Waals surface area contributed by atoms with Crippen molar-refractivity contribution in [3.63, 3.8) is 0 Å². The van der Waals surface area contributed by atoms with E-state index in [9.17, 15) is 18.0 Å². The van der Waals surface area contributed by atoms with Gasteiger partial charge in [0.2, 0.25) is 5.91 Å². The van der Waals surface area contributed by atoms with Gasteiger partial charge in [0.25, 0.3) is 0 Å². The predicted molar refractivity (Wildman–Crippen MR) is 102 cm³/mol. The monoisotopic (exact) mass is 406 g/mol. The molecular formula is C20H17F3N2O2S. The van der Waals surface area contributed by atoms with Gasteiger partial charge in [-0.15, -0.1) is 11.3 Å². The van der Waals surface area contributed by atoms with Gasteiger partial charge in [0, 0.05) is 17.9 Å². The maximum Gasteiger partial charge on any atom is 0.416 e. The van der Waals surface area contributed by atoms with Crippen molar-refractivity contribution in [3.8, 4) is 16.3 Å². The highest BCUT2D eigenvalue weighted by Gasteiger charge is 2.30. The Morgan fingerprint density at radius 2 is 1.89 bits per heavy atom. The summed E-state index contributed by atoms with van der Waals surface area (Å²) in [7, 11) is 0. The van der Waals surface area contributed by atoms with E-state index in [0.29, 0.717) is 27.7 Å². The third-order valence-corrected chi connectivity index (χ3v) is 4.77. The van der Waals surface area contributed by atoms with Gasteiger partial charge in [-0.1, -0.05) is 18.2 Å². The van der Waals surface area contributed by atoms with Crippen LogP contribution in [-0.2, 0) is 17.6 Å². The zero-order chi connectivity index (χ0) is 20.3. The SMILES string of the molecule is CC(=O)Nc1ccc(C)cc1OCc1csc(-c2ccc(C(F)(F)F)cc2)n1. The first-order chi connectivity index (χ1) is 13.2. The van der Waals surface area contributed by atoms with Crippen molar-refractivity contribution < 1.29 is 22.7 Å². The molecule has 0 radical (unpaired) electrons. The molecule has 0 saturated heterocycles. The number of thiazole rings is 1. The van der Waals surface area contributed by atoms with Gasteiger partial charge in [-0.25, -0.2) is 4.98 Å². The Kier molecular flexibility index (Phi) is 5.69. The first-order valence-corrected chi connectivity index (χ1v) is 9.23. The molecule has 1 aromatic heterocycles. The molecule has 3 aromatic rings. The number of nitrogens with zero attached hydrogens (tertiary/aromatic N) is 1. The molecule has 1 amide bonds. The summed E-state index contributed by atoms with van der Waals surface area (Å²) in [5.41, 5.74) is 2.11. The Morgan fingerprint density at radius 3 is 2.54 bits per heavy atom. The second kappa shape index (κ2) is 8.02. The lowest BCUT2D eigenvalue weighted by Crippen LogP contribution is -2.08. The van der Waals surface area contributed by atoms with Crippen molar-refractivity contribution in [1.82, 2.24) is 4.98 Å². The first kappa shape index (κ1) is 19.9. The number of anilines is 1. The van der Waals surface area contributed by atoms with Crippen molar-refractivity contribution in [2.45, 2.75) is 26.6 Å². The van der Waals surface area contributed by atoms with Gasteiger partial charge in [-0.2, -0.15) is 13.2 Å². The van der Waals surface area contributed by atoms with Gasteiger partial charge < -0.3 is 10.1 Å². The minimum atomic E-state index is -4.36. The largest absolute Gasteiger partial charge is 0.485 e. The summed E-state index contributed by atoms with van der Waals surface area (Å²) in [6.45, 7) is 3.50. The fraction of sp³-hybridized carbons (Fsp3) is 0.200. The Morgan fingerprint density at radius 1 is 1.18 bits per heavy atom. The summed E-state index contributed by atoms with van der Waals surface area (Å²) in [6.07, 6.45) is -4.36. The Hall–Kier alpha value is -2.87. The van der Waals surface area contributed by atoms with Gasteiger partial charge in [-0.05, 0) is 36.8 Å². The number of aryl methyl sites for hydroxylation is 1. The number of nitrogens with one attached hydrogen (secondary N) is 1. The standard InChI is InChI=1S/C20H17F3N2O2S/c1-12-3-8-17(24-13(2)26)18(9-12)27-10-16-11-28-19(25-16)14-4-6-15(7-5-14)20(21,22)23/h3-9,11H,10H2,1-2H3,(H,24,26). The molecule has 2 aromatic carbocycles. The fourth-order valence-electron chi connectivity index (χ4n) is 2.50. The van der Waals surface area contributed by atoms with Gasteiger partial charge in [-0.3, -0.25) is 4.79 Å². The number of amides is 1. The number of benzene rings is 2. The summed E-state index contributed by atoms with van der Waals surface area (Å²) in [5.74, 6) is 0.325. The number of aromatic nitrogens is 1. The molecular weight excluding hydrogens is 389 g/mol. The summed E-state index contributed by atoms with van der Waals surface area (Å²) in [6, 6.07) is 10.3. The second-order valence-electron chi connectivity index (χ2n) is 6.19. The number of hydrogen-bond acceptors (Lipinski definition) is 4. The zero-order valence-corrected chi connectivity index (χ0v) is 15.9. The third-order valence-electron chi connectivity index (χ3n) is 3.83. The van der Waals surface area contributed by atoms with Crippen LogP contribution in [0, 0.1) is 6.92 Å². The van der Waals surface area contributed by atoms with Crippen LogP contribution in [0.5, 0.6) is 5.75 Å². The number of hydrogen-bond donors (Lipinski definition) is 1. The van der Waals surface area contributed by atoms with Crippen LogP contribution in [0.3, 0.4) is 0 Å².